The van der Waals surface area contributed by atoms with Crippen LogP contribution < -0.4 is 10.6 Å². The highest BCUT2D eigenvalue weighted by Gasteiger charge is 2.31. The zero-order chi connectivity index (χ0) is 13.6. The molecule has 1 rings (SSSR count). The molecule has 1 aliphatic carbocycles. The van der Waals surface area contributed by atoms with Crippen LogP contribution in [0.4, 0.5) is 0 Å². The summed E-state index contributed by atoms with van der Waals surface area (Å²) in [5.74, 6) is -1.30. The fraction of sp³-hybridized carbons (Fsp3) is 0.846. The summed E-state index contributed by atoms with van der Waals surface area (Å²) < 4.78 is 0. The molecule has 0 bridgehead atoms. The van der Waals surface area contributed by atoms with Gasteiger partial charge in [0, 0.05) is 20.0 Å². The Morgan fingerprint density at radius 1 is 1.33 bits per heavy atom. The van der Waals surface area contributed by atoms with E-state index < -0.39 is 12.0 Å². The van der Waals surface area contributed by atoms with E-state index in [0.717, 1.165) is 13.0 Å². The van der Waals surface area contributed by atoms with E-state index in [1.54, 1.807) is 0 Å². The zero-order valence-electron chi connectivity index (χ0n) is 11.3. The fourth-order valence-corrected chi connectivity index (χ4v) is 2.71. The number of carbonyl (C=O) groups excluding carboxylic acids is 1. The van der Waals surface area contributed by atoms with Crippen LogP contribution in [-0.4, -0.2) is 36.1 Å². The molecule has 0 radical (unpaired) electrons. The average Bonchev–Trinajstić information content (AvgIpc) is 2.76. The number of aliphatic carboxylic acids is 1. The highest BCUT2D eigenvalue weighted by molar-refractivity contribution is 5.82. The molecule has 3 N–H and O–H groups in total. The van der Waals surface area contributed by atoms with E-state index >= 15 is 0 Å². The third-order valence-electron chi connectivity index (χ3n) is 3.94. The number of amides is 1. The van der Waals surface area contributed by atoms with Crippen molar-refractivity contribution >= 4 is 11.9 Å². The molecule has 104 valence electrons. The van der Waals surface area contributed by atoms with Gasteiger partial charge in [0.1, 0.15) is 6.04 Å². The normalized spacial score (nSPS) is 19.4. The topological polar surface area (TPSA) is 78.4 Å². The molecule has 0 saturated heterocycles. The van der Waals surface area contributed by atoms with Gasteiger partial charge in [0.25, 0.3) is 0 Å². The van der Waals surface area contributed by atoms with Crippen LogP contribution in [0.2, 0.25) is 0 Å². The van der Waals surface area contributed by atoms with E-state index in [1.165, 1.54) is 32.6 Å². The van der Waals surface area contributed by atoms with Crippen LogP contribution in [0.3, 0.4) is 0 Å². The Balaban J connectivity index is 2.38. The molecule has 18 heavy (non-hydrogen) atoms. The molecule has 0 heterocycles. The number of hydrogen-bond acceptors (Lipinski definition) is 3. The SMILES string of the molecule is CCC1(CNCC(NC(C)=O)C(=O)O)CCCC1. The molecule has 0 aromatic rings. The first-order valence-electron chi connectivity index (χ1n) is 6.70. The van der Waals surface area contributed by atoms with Gasteiger partial charge in [-0.05, 0) is 24.7 Å². The Labute approximate surface area is 108 Å². The highest BCUT2D eigenvalue weighted by Crippen LogP contribution is 2.40. The zero-order valence-corrected chi connectivity index (χ0v) is 11.3. The van der Waals surface area contributed by atoms with Gasteiger partial charge in [-0.1, -0.05) is 19.8 Å². The van der Waals surface area contributed by atoms with E-state index in [-0.39, 0.29) is 12.5 Å². The lowest BCUT2D eigenvalue weighted by atomic mass is 9.83. The van der Waals surface area contributed by atoms with Crippen molar-refractivity contribution in [1.82, 2.24) is 10.6 Å². The number of carbonyl (C=O) groups is 2. The largest absolute Gasteiger partial charge is 0.480 e. The molecular weight excluding hydrogens is 232 g/mol. The van der Waals surface area contributed by atoms with E-state index in [9.17, 15) is 9.59 Å². The monoisotopic (exact) mass is 256 g/mol. The number of carboxylic acids is 1. The maximum Gasteiger partial charge on any atom is 0.327 e. The Morgan fingerprint density at radius 3 is 2.39 bits per heavy atom. The predicted octanol–water partition coefficient (Wildman–Crippen LogP) is 1.14. The minimum Gasteiger partial charge on any atom is -0.480 e. The van der Waals surface area contributed by atoms with Gasteiger partial charge < -0.3 is 15.7 Å². The molecule has 1 saturated carbocycles. The first-order chi connectivity index (χ1) is 8.49. The van der Waals surface area contributed by atoms with Crippen molar-refractivity contribution in [2.45, 2.75) is 52.0 Å². The van der Waals surface area contributed by atoms with Crippen molar-refractivity contribution in [1.29, 1.82) is 0 Å². The lowest BCUT2D eigenvalue weighted by Crippen LogP contribution is -2.48. The maximum absolute atomic E-state index is 11.0. The molecule has 1 atom stereocenters. The molecule has 0 aromatic heterocycles. The first kappa shape index (κ1) is 15.0. The fourth-order valence-electron chi connectivity index (χ4n) is 2.71. The highest BCUT2D eigenvalue weighted by atomic mass is 16.4. The van der Waals surface area contributed by atoms with Gasteiger partial charge in [-0.15, -0.1) is 0 Å². The summed E-state index contributed by atoms with van der Waals surface area (Å²) in [7, 11) is 0. The van der Waals surface area contributed by atoms with Crippen molar-refractivity contribution in [3.63, 3.8) is 0 Å². The lowest BCUT2D eigenvalue weighted by Gasteiger charge is -2.28. The van der Waals surface area contributed by atoms with Crippen molar-refractivity contribution in [3.05, 3.63) is 0 Å². The van der Waals surface area contributed by atoms with Crippen molar-refractivity contribution in [3.8, 4) is 0 Å². The quantitative estimate of drug-likeness (QED) is 0.638. The van der Waals surface area contributed by atoms with Crippen LogP contribution in [0, 0.1) is 5.41 Å². The molecule has 1 amide bonds. The molecule has 5 heteroatoms. The Bertz CT molecular complexity index is 299. The molecule has 0 aliphatic heterocycles. The standard InChI is InChI=1S/C13H24N2O3/c1-3-13(6-4-5-7-13)9-14-8-11(12(17)18)15-10(2)16/h11,14H,3-9H2,1-2H3,(H,15,16)(H,17,18). The van der Waals surface area contributed by atoms with E-state index in [4.69, 9.17) is 5.11 Å². The van der Waals surface area contributed by atoms with Crippen molar-refractivity contribution in [2.75, 3.05) is 13.1 Å². The van der Waals surface area contributed by atoms with Crippen LogP contribution in [0.1, 0.15) is 46.0 Å². The summed E-state index contributed by atoms with van der Waals surface area (Å²) in [5, 5.41) is 14.6. The molecule has 5 nitrogen and oxygen atoms in total. The summed E-state index contributed by atoms with van der Waals surface area (Å²) in [6, 6.07) is -0.835. The van der Waals surface area contributed by atoms with E-state index in [2.05, 4.69) is 17.6 Å². The summed E-state index contributed by atoms with van der Waals surface area (Å²) >= 11 is 0. The van der Waals surface area contributed by atoms with E-state index in [0.29, 0.717) is 5.41 Å². The van der Waals surface area contributed by atoms with Gasteiger partial charge in [-0.3, -0.25) is 4.79 Å². The molecule has 1 fully saturated rings. The minimum absolute atomic E-state index is 0.288. The number of hydrogen-bond donors (Lipinski definition) is 3. The number of nitrogens with one attached hydrogen (secondary N) is 2. The Kier molecular flexibility index (Phi) is 5.59. The average molecular weight is 256 g/mol. The van der Waals surface area contributed by atoms with Gasteiger partial charge in [0.05, 0.1) is 0 Å². The number of rotatable bonds is 7. The summed E-state index contributed by atoms with van der Waals surface area (Å²) in [6.07, 6.45) is 6.09. The summed E-state index contributed by atoms with van der Waals surface area (Å²) in [5.41, 5.74) is 0.333. The second kappa shape index (κ2) is 6.73. The maximum atomic E-state index is 11.0. The van der Waals surface area contributed by atoms with Crippen molar-refractivity contribution in [2.24, 2.45) is 5.41 Å². The van der Waals surface area contributed by atoms with Crippen LogP contribution >= 0.6 is 0 Å². The smallest absolute Gasteiger partial charge is 0.327 e. The Morgan fingerprint density at radius 2 is 1.94 bits per heavy atom. The predicted molar refractivity (Wildman–Crippen MR) is 69.3 cm³/mol. The second-order valence-corrected chi connectivity index (χ2v) is 5.28. The van der Waals surface area contributed by atoms with Gasteiger partial charge in [0.15, 0.2) is 0 Å². The van der Waals surface area contributed by atoms with Crippen LogP contribution in [0.25, 0.3) is 0 Å². The minimum atomic E-state index is -0.991. The molecule has 1 unspecified atom stereocenters. The Hall–Kier alpha value is -1.10. The van der Waals surface area contributed by atoms with E-state index in [1.807, 2.05) is 0 Å². The lowest BCUT2D eigenvalue weighted by molar-refractivity contribution is -0.141. The number of carboxylic acid groups (broad SMARTS) is 1. The van der Waals surface area contributed by atoms with Crippen LogP contribution in [0.15, 0.2) is 0 Å². The molecule has 0 spiro atoms. The first-order valence-corrected chi connectivity index (χ1v) is 6.70. The summed E-state index contributed by atoms with van der Waals surface area (Å²) in [4.78, 5) is 21.9. The second-order valence-electron chi connectivity index (χ2n) is 5.28. The van der Waals surface area contributed by atoms with Crippen LogP contribution in [0.5, 0.6) is 0 Å². The van der Waals surface area contributed by atoms with Gasteiger partial charge in [0.2, 0.25) is 5.91 Å². The van der Waals surface area contributed by atoms with Gasteiger partial charge >= 0.3 is 5.97 Å². The molecule has 1 aliphatic rings. The molecule has 0 aromatic carbocycles. The van der Waals surface area contributed by atoms with Gasteiger partial charge in [-0.2, -0.15) is 0 Å². The van der Waals surface area contributed by atoms with Crippen LogP contribution in [-0.2, 0) is 9.59 Å². The van der Waals surface area contributed by atoms with Gasteiger partial charge in [-0.25, -0.2) is 4.79 Å². The third kappa shape index (κ3) is 4.29. The van der Waals surface area contributed by atoms with Crippen molar-refractivity contribution < 1.29 is 14.7 Å². The molecular formula is C13H24N2O3. The summed E-state index contributed by atoms with van der Waals surface area (Å²) in [6.45, 7) is 4.65. The third-order valence-corrected chi connectivity index (χ3v) is 3.94.